The minimum Gasteiger partial charge on any atom is -0.466 e. The molecule has 31 heavy (non-hydrogen) atoms. The zero-order valence-corrected chi connectivity index (χ0v) is 19.7. The lowest BCUT2D eigenvalue weighted by molar-refractivity contribution is -0.137. The second-order valence-corrected chi connectivity index (χ2v) is 7.35. The summed E-state index contributed by atoms with van der Waals surface area (Å²) in [7, 11) is 0. The molecule has 0 bridgehead atoms. The third-order valence-electron chi connectivity index (χ3n) is 4.88. The molecular weight excluding hydrogens is 526 g/mol. The Hall–Kier alpha value is -1.79. The monoisotopic (exact) mass is 553 g/mol. The zero-order valence-electron chi connectivity index (χ0n) is 17.4. The minimum absolute atomic E-state index is 0. The van der Waals surface area contributed by atoms with E-state index >= 15 is 0 Å². The van der Waals surface area contributed by atoms with Crippen LogP contribution in [0.1, 0.15) is 36.8 Å². The molecule has 1 aliphatic heterocycles. The predicted octanol–water partition coefficient (Wildman–Crippen LogP) is 4.16. The lowest BCUT2D eigenvalue weighted by Gasteiger charge is -2.35. The quantitative estimate of drug-likeness (QED) is 0.331. The van der Waals surface area contributed by atoms with Gasteiger partial charge < -0.3 is 24.5 Å². The molecule has 0 aliphatic carbocycles. The van der Waals surface area contributed by atoms with Gasteiger partial charge in [0.25, 0.3) is 0 Å². The largest absolute Gasteiger partial charge is 0.466 e. The number of furan rings is 1. The summed E-state index contributed by atoms with van der Waals surface area (Å²) in [6.07, 6.45) is -3.44. The highest BCUT2D eigenvalue weighted by Crippen LogP contribution is 2.32. The lowest BCUT2D eigenvalue weighted by Crippen LogP contribution is -2.48. The van der Waals surface area contributed by atoms with Crippen molar-refractivity contribution in [1.82, 2.24) is 10.2 Å². The van der Waals surface area contributed by atoms with Gasteiger partial charge in [0.2, 0.25) is 0 Å². The first-order chi connectivity index (χ1) is 14.2. The number of aliphatic hydroxyl groups is 1. The van der Waals surface area contributed by atoms with Gasteiger partial charge in [0, 0.05) is 13.1 Å². The van der Waals surface area contributed by atoms with Gasteiger partial charge in [-0.1, -0.05) is 12.1 Å². The standard InChI is InChI=1S/C21H26F3N3O3.HI/c1-3-25-19(26-14-20(2,28)18-8-5-10-30-18)27-9-11-29-17(13-27)15-6-4-7-16(12-15)21(22,23)24;/h4-8,10,12,17,28H,3,9,11,13-14H2,1-2H3,(H,25,26);1H. The molecule has 2 N–H and O–H groups in total. The molecule has 0 amide bonds. The number of rotatable bonds is 5. The predicted molar refractivity (Wildman–Crippen MR) is 121 cm³/mol. The Morgan fingerprint density at radius 1 is 1.29 bits per heavy atom. The van der Waals surface area contributed by atoms with Crippen molar-refractivity contribution in [2.24, 2.45) is 4.99 Å². The van der Waals surface area contributed by atoms with E-state index in [1.165, 1.54) is 12.3 Å². The van der Waals surface area contributed by atoms with E-state index in [-0.39, 0.29) is 30.5 Å². The summed E-state index contributed by atoms with van der Waals surface area (Å²) in [5.41, 5.74) is -1.51. The SMILES string of the molecule is CCNC(=NCC(C)(O)c1ccco1)N1CCOC(c2cccc(C(F)(F)F)c2)C1.I. The molecule has 2 unspecified atom stereocenters. The molecule has 172 valence electrons. The van der Waals surface area contributed by atoms with E-state index in [2.05, 4.69) is 10.3 Å². The smallest absolute Gasteiger partial charge is 0.416 e. The number of guanidine groups is 1. The highest BCUT2D eigenvalue weighted by atomic mass is 127. The van der Waals surface area contributed by atoms with Crippen LogP contribution < -0.4 is 5.32 Å². The van der Waals surface area contributed by atoms with Gasteiger partial charge in [-0.2, -0.15) is 13.2 Å². The van der Waals surface area contributed by atoms with Gasteiger partial charge in [0.1, 0.15) is 17.5 Å². The highest BCUT2D eigenvalue weighted by molar-refractivity contribution is 14.0. The second-order valence-electron chi connectivity index (χ2n) is 7.35. The molecule has 0 spiro atoms. The Labute approximate surface area is 196 Å². The summed E-state index contributed by atoms with van der Waals surface area (Å²) in [6, 6.07) is 8.57. The van der Waals surface area contributed by atoms with Crippen LogP contribution in [0.4, 0.5) is 13.2 Å². The highest BCUT2D eigenvalue weighted by Gasteiger charge is 2.32. The summed E-state index contributed by atoms with van der Waals surface area (Å²) < 4.78 is 50.2. The number of nitrogens with zero attached hydrogens (tertiary/aromatic N) is 2. The number of ether oxygens (including phenoxy) is 1. The molecule has 1 aliphatic rings. The summed E-state index contributed by atoms with van der Waals surface area (Å²) in [6.45, 7) is 5.43. The van der Waals surface area contributed by atoms with Crippen molar-refractivity contribution < 1.29 is 27.4 Å². The van der Waals surface area contributed by atoms with E-state index < -0.39 is 23.4 Å². The molecule has 0 saturated carbocycles. The summed E-state index contributed by atoms with van der Waals surface area (Å²) in [5.74, 6) is 0.968. The van der Waals surface area contributed by atoms with Crippen molar-refractivity contribution >= 4 is 29.9 Å². The number of aliphatic imine (C=N–C) groups is 1. The fourth-order valence-corrected chi connectivity index (χ4v) is 3.28. The Balaban J connectivity index is 0.00000341. The van der Waals surface area contributed by atoms with Gasteiger partial charge >= 0.3 is 6.18 Å². The van der Waals surface area contributed by atoms with Crippen molar-refractivity contribution in [2.45, 2.75) is 31.7 Å². The van der Waals surface area contributed by atoms with E-state index in [0.29, 0.717) is 43.5 Å². The topological polar surface area (TPSA) is 70.2 Å². The van der Waals surface area contributed by atoms with E-state index in [1.807, 2.05) is 11.8 Å². The Bertz CT molecular complexity index is 857. The van der Waals surface area contributed by atoms with E-state index in [9.17, 15) is 18.3 Å². The van der Waals surface area contributed by atoms with Gasteiger partial charge in [-0.15, -0.1) is 24.0 Å². The average Bonchev–Trinajstić information content (AvgIpc) is 3.27. The van der Waals surface area contributed by atoms with E-state index in [0.717, 1.165) is 12.1 Å². The van der Waals surface area contributed by atoms with Crippen molar-refractivity contribution in [1.29, 1.82) is 0 Å². The number of halogens is 4. The molecule has 6 nitrogen and oxygen atoms in total. The molecule has 1 fully saturated rings. The number of nitrogens with one attached hydrogen (secondary N) is 1. The summed E-state index contributed by atoms with van der Waals surface area (Å²) in [4.78, 5) is 6.46. The fraction of sp³-hybridized carbons (Fsp3) is 0.476. The first kappa shape index (κ1) is 25.5. The maximum atomic E-state index is 13.1. The van der Waals surface area contributed by atoms with Gasteiger partial charge in [-0.3, -0.25) is 0 Å². The molecule has 2 aromatic rings. The molecule has 1 aromatic carbocycles. The number of alkyl halides is 3. The molecule has 2 heterocycles. The van der Waals surface area contributed by atoms with Gasteiger partial charge in [0.15, 0.2) is 5.96 Å². The third kappa shape index (κ3) is 6.59. The number of hydrogen-bond donors (Lipinski definition) is 2. The maximum Gasteiger partial charge on any atom is 0.416 e. The van der Waals surface area contributed by atoms with Crippen LogP contribution in [-0.2, 0) is 16.5 Å². The Morgan fingerprint density at radius 3 is 2.71 bits per heavy atom. The fourth-order valence-electron chi connectivity index (χ4n) is 3.28. The van der Waals surface area contributed by atoms with Crippen LogP contribution in [0.3, 0.4) is 0 Å². The zero-order chi connectivity index (χ0) is 21.8. The molecule has 10 heteroatoms. The van der Waals surface area contributed by atoms with Gasteiger partial charge in [-0.25, -0.2) is 4.99 Å². The Morgan fingerprint density at radius 2 is 2.06 bits per heavy atom. The summed E-state index contributed by atoms with van der Waals surface area (Å²) >= 11 is 0. The average molecular weight is 553 g/mol. The van der Waals surface area contributed by atoms with E-state index in [1.54, 1.807) is 25.1 Å². The molecule has 3 rings (SSSR count). The molecule has 1 aromatic heterocycles. The van der Waals surface area contributed by atoms with Crippen LogP contribution >= 0.6 is 24.0 Å². The normalized spacial score (nSPS) is 19.5. The molecular formula is C21H27F3IN3O3. The van der Waals surface area contributed by atoms with Crippen LogP contribution in [0.5, 0.6) is 0 Å². The second kappa shape index (κ2) is 10.7. The van der Waals surface area contributed by atoms with Gasteiger partial charge in [-0.05, 0) is 43.7 Å². The maximum absolute atomic E-state index is 13.1. The Kier molecular flexibility index (Phi) is 8.78. The first-order valence-electron chi connectivity index (χ1n) is 9.79. The van der Waals surface area contributed by atoms with Crippen LogP contribution in [0.15, 0.2) is 52.1 Å². The number of benzene rings is 1. The van der Waals surface area contributed by atoms with Crippen molar-refractivity contribution in [3.8, 4) is 0 Å². The lowest BCUT2D eigenvalue weighted by atomic mass is 10.0. The van der Waals surface area contributed by atoms with Gasteiger partial charge in [0.05, 0.1) is 31.5 Å². The molecule has 2 atom stereocenters. The van der Waals surface area contributed by atoms with E-state index in [4.69, 9.17) is 9.15 Å². The van der Waals surface area contributed by atoms with Crippen LogP contribution in [0.25, 0.3) is 0 Å². The first-order valence-corrected chi connectivity index (χ1v) is 9.79. The number of morpholine rings is 1. The van der Waals surface area contributed by atoms with Crippen LogP contribution in [0, 0.1) is 0 Å². The third-order valence-corrected chi connectivity index (χ3v) is 4.88. The number of hydrogen-bond acceptors (Lipinski definition) is 4. The van der Waals surface area contributed by atoms with Crippen molar-refractivity contribution in [3.05, 3.63) is 59.5 Å². The van der Waals surface area contributed by atoms with Crippen molar-refractivity contribution in [3.63, 3.8) is 0 Å². The molecule has 0 radical (unpaired) electrons. The van der Waals surface area contributed by atoms with Crippen LogP contribution in [-0.4, -0.2) is 48.8 Å². The minimum atomic E-state index is -4.40. The summed E-state index contributed by atoms with van der Waals surface area (Å²) in [5, 5.41) is 13.8. The molecule has 1 saturated heterocycles. The van der Waals surface area contributed by atoms with Crippen molar-refractivity contribution in [2.75, 3.05) is 32.8 Å². The van der Waals surface area contributed by atoms with Crippen LogP contribution in [0.2, 0.25) is 0 Å².